The second-order valence-electron chi connectivity index (χ2n) is 5.30. The molecule has 0 aromatic carbocycles. The van der Waals surface area contributed by atoms with Gasteiger partial charge in [0.15, 0.2) is 0 Å². The van der Waals surface area contributed by atoms with Crippen LogP contribution in [0.25, 0.3) is 0 Å². The van der Waals surface area contributed by atoms with Gasteiger partial charge >= 0.3 is 0 Å². The van der Waals surface area contributed by atoms with Crippen molar-refractivity contribution in [3.8, 4) is 0 Å². The minimum atomic E-state index is 0.887. The highest BCUT2D eigenvalue weighted by Crippen LogP contribution is 2.24. The Kier molecular flexibility index (Phi) is 3.82. The molecule has 1 aromatic heterocycles. The molecule has 3 heterocycles. The highest BCUT2D eigenvalue weighted by Gasteiger charge is 2.20. The van der Waals surface area contributed by atoms with Crippen molar-refractivity contribution in [3.63, 3.8) is 0 Å². The van der Waals surface area contributed by atoms with Crippen molar-refractivity contribution in [1.29, 1.82) is 0 Å². The van der Waals surface area contributed by atoms with Crippen LogP contribution in [0.1, 0.15) is 37.4 Å². The molecule has 0 bridgehead atoms. The number of anilines is 2. The van der Waals surface area contributed by atoms with Gasteiger partial charge < -0.3 is 15.5 Å². The normalized spacial score (nSPS) is 19.1. The van der Waals surface area contributed by atoms with Crippen LogP contribution in [0, 0.1) is 0 Å². The lowest BCUT2D eigenvalue weighted by atomic mass is 10.1. The summed E-state index contributed by atoms with van der Waals surface area (Å²) in [6.07, 6.45) is 4.87. The van der Waals surface area contributed by atoms with E-state index in [1.165, 1.54) is 30.5 Å². The summed E-state index contributed by atoms with van der Waals surface area (Å²) in [6.45, 7) is 7.13. The average Bonchev–Trinajstić information content (AvgIpc) is 2.48. The van der Waals surface area contributed by atoms with Crippen LogP contribution in [0.5, 0.6) is 0 Å². The third kappa shape index (κ3) is 2.66. The summed E-state index contributed by atoms with van der Waals surface area (Å²) < 4.78 is 0. The first kappa shape index (κ1) is 12.7. The second kappa shape index (κ2) is 5.74. The van der Waals surface area contributed by atoms with Gasteiger partial charge in [-0.2, -0.15) is 4.98 Å². The van der Waals surface area contributed by atoms with Crippen molar-refractivity contribution < 1.29 is 0 Å². The first-order valence-corrected chi connectivity index (χ1v) is 7.48. The zero-order valence-corrected chi connectivity index (χ0v) is 11.7. The predicted molar refractivity (Wildman–Crippen MR) is 77.7 cm³/mol. The Morgan fingerprint density at radius 3 is 2.84 bits per heavy atom. The topological polar surface area (TPSA) is 53.1 Å². The average molecular weight is 261 g/mol. The quantitative estimate of drug-likeness (QED) is 0.864. The van der Waals surface area contributed by atoms with E-state index < -0.39 is 0 Å². The molecule has 0 spiro atoms. The molecule has 5 heteroatoms. The fraction of sp³-hybridized carbons (Fsp3) is 0.714. The standard InChI is InChI=1S/C14H23N5/c1-2-16-13-11-10-15-7-6-12(11)17-14(18-13)19-8-4-3-5-9-19/h15H,2-10H2,1H3,(H,16,17,18). The van der Waals surface area contributed by atoms with Crippen molar-refractivity contribution in [2.75, 3.05) is 36.4 Å². The minimum absolute atomic E-state index is 0.887. The van der Waals surface area contributed by atoms with Gasteiger partial charge in [-0.15, -0.1) is 0 Å². The van der Waals surface area contributed by atoms with E-state index in [2.05, 4.69) is 22.5 Å². The van der Waals surface area contributed by atoms with E-state index in [1.54, 1.807) is 0 Å². The van der Waals surface area contributed by atoms with Crippen LogP contribution in [-0.4, -0.2) is 36.1 Å². The molecule has 2 aliphatic rings. The van der Waals surface area contributed by atoms with E-state index in [-0.39, 0.29) is 0 Å². The molecule has 3 rings (SSSR count). The molecule has 0 amide bonds. The molecule has 2 N–H and O–H groups in total. The smallest absolute Gasteiger partial charge is 0.227 e. The van der Waals surface area contributed by atoms with Crippen LogP contribution in [0.2, 0.25) is 0 Å². The Bertz CT molecular complexity index is 440. The lowest BCUT2D eigenvalue weighted by Gasteiger charge is -2.29. The number of nitrogens with one attached hydrogen (secondary N) is 2. The molecule has 0 unspecified atom stereocenters. The van der Waals surface area contributed by atoms with Crippen LogP contribution in [0.15, 0.2) is 0 Å². The molecular weight excluding hydrogens is 238 g/mol. The summed E-state index contributed by atoms with van der Waals surface area (Å²) in [5.41, 5.74) is 2.49. The Morgan fingerprint density at radius 1 is 1.21 bits per heavy atom. The molecule has 1 aromatic rings. The number of rotatable bonds is 3. The summed E-state index contributed by atoms with van der Waals surface area (Å²) in [5, 5.41) is 6.80. The Morgan fingerprint density at radius 2 is 2.05 bits per heavy atom. The van der Waals surface area contributed by atoms with Crippen LogP contribution in [0.4, 0.5) is 11.8 Å². The van der Waals surface area contributed by atoms with Crippen molar-refractivity contribution >= 4 is 11.8 Å². The summed E-state index contributed by atoms with van der Waals surface area (Å²) in [7, 11) is 0. The fourth-order valence-electron chi connectivity index (χ4n) is 2.88. The van der Waals surface area contributed by atoms with Gasteiger partial charge in [0.05, 0.1) is 5.69 Å². The van der Waals surface area contributed by atoms with Gasteiger partial charge in [-0.25, -0.2) is 4.98 Å². The van der Waals surface area contributed by atoms with E-state index in [1.807, 2.05) is 0 Å². The van der Waals surface area contributed by atoms with E-state index in [0.29, 0.717) is 0 Å². The zero-order valence-electron chi connectivity index (χ0n) is 11.7. The maximum atomic E-state index is 4.81. The Labute approximate surface area is 114 Å². The molecule has 0 saturated carbocycles. The van der Waals surface area contributed by atoms with Crippen LogP contribution in [-0.2, 0) is 13.0 Å². The molecule has 5 nitrogen and oxygen atoms in total. The number of aromatic nitrogens is 2. The van der Waals surface area contributed by atoms with Gasteiger partial charge in [0.2, 0.25) is 5.95 Å². The fourth-order valence-corrected chi connectivity index (χ4v) is 2.88. The van der Waals surface area contributed by atoms with E-state index >= 15 is 0 Å². The van der Waals surface area contributed by atoms with Crippen molar-refractivity contribution in [1.82, 2.24) is 15.3 Å². The van der Waals surface area contributed by atoms with Crippen molar-refractivity contribution in [3.05, 3.63) is 11.3 Å². The molecule has 1 saturated heterocycles. The SMILES string of the molecule is CCNc1nc(N2CCCCC2)nc2c1CNCC2. The van der Waals surface area contributed by atoms with Gasteiger partial charge in [-0.3, -0.25) is 0 Å². The lowest BCUT2D eigenvalue weighted by molar-refractivity contribution is 0.563. The molecular formula is C14H23N5. The van der Waals surface area contributed by atoms with Gasteiger partial charge in [-0.05, 0) is 26.2 Å². The Balaban J connectivity index is 1.93. The maximum Gasteiger partial charge on any atom is 0.227 e. The number of hydrogen-bond donors (Lipinski definition) is 2. The third-order valence-electron chi connectivity index (χ3n) is 3.90. The molecule has 1 fully saturated rings. The van der Waals surface area contributed by atoms with Crippen molar-refractivity contribution in [2.24, 2.45) is 0 Å². The Hall–Kier alpha value is -1.36. The van der Waals surface area contributed by atoms with Crippen LogP contribution in [0.3, 0.4) is 0 Å². The number of hydrogen-bond acceptors (Lipinski definition) is 5. The molecule has 0 atom stereocenters. The molecule has 2 aliphatic heterocycles. The van der Waals surface area contributed by atoms with Crippen LogP contribution >= 0.6 is 0 Å². The largest absolute Gasteiger partial charge is 0.370 e. The monoisotopic (exact) mass is 261 g/mol. The lowest BCUT2D eigenvalue weighted by Crippen LogP contribution is -2.33. The first-order valence-electron chi connectivity index (χ1n) is 7.48. The number of nitrogens with zero attached hydrogens (tertiary/aromatic N) is 3. The van der Waals surface area contributed by atoms with E-state index in [9.17, 15) is 0 Å². The van der Waals surface area contributed by atoms with Gasteiger partial charge in [0, 0.05) is 44.7 Å². The molecule has 104 valence electrons. The summed E-state index contributed by atoms with van der Waals surface area (Å²) in [4.78, 5) is 11.9. The highest BCUT2D eigenvalue weighted by molar-refractivity contribution is 5.52. The van der Waals surface area contributed by atoms with Crippen LogP contribution < -0.4 is 15.5 Å². The van der Waals surface area contributed by atoms with Gasteiger partial charge in [0.1, 0.15) is 5.82 Å². The summed E-state index contributed by atoms with van der Waals surface area (Å²) in [6, 6.07) is 0. The maximum absolute atomic E-state index is 4.81. The van der Waals surface area contributed by atoms with E-state index in [4.69, 9.17) is 9.97 Å². The number of piperidine rings is 1. The summed E-state index contributed by atoms with van der Waals surface area (Å²) in [5.74, 6) is 1.96. The second-order valence-corrected chi connectivity index (χ2v) is 5.30. The van der Waals surface area contributed by atoms with Crippen molar-refractivity contribution in [2.45, 2.75) is 39.2 Å². The zero-order chi connectivity index (χ0) is 13.1. The summed E-state index contributed by atoms with van der Waals surface area (Å²) >= 11 is 0. The predicted octanol–water partition coefficient (Wildman–Crippen LogP) is 1.54. The number of fused-ring (bicyclic) bond motifs is 1. The van der Waals surface area contributed by atoms with E-state index in [0.717, 1.165) is 50.9 Å². The molecule has 19 heavy (non-hydrogen) atoms. The minimum Gasteiger partial charge on any atom is -0.370 e. The first-order chi connectivity index (χ1) is 9.38. The molecule has 0 aliphatic carbocycles. The van der Waals surface area contributed by atoms with Gasteiger partial charge in [0.25, 0.3) is 0 Å². The van der Waals surface area contributed by atoms with Gasteiger partial charge in [-0.1, -0.05) is 0 Å². The molecule has 0 radical (unpaired) electrons. The third-order valence-corrected chi connectivity index (χ3v) is 3.90. The highest BCUT2D eigenvalue weighted by atomic mass is 15.3.